The molecule has 1 aromatic carbocycles. The number of esters is 1. The summed E-state index contributed by atoms with van der Waals surface area (Å²) in [6, 6.07) is 9.52. The minimum atomic E-state index is -0.398. The minimum Gasteiger partial charge on any atom is -0.468 e. The monoisotopic (exact) mass is 436 g/mol. The van der Waals surface area contributed by atoms with Crippen LogP contribution < -0.4 is 4.80 Å². The molecule has 0 radical (unpaired) electrons. The predicted molar refractivity (Wildman–Crippen MR) is 103 cm³/mol. The summed E-state index contributed by atoms with van der Waals surface area (Å²) in [6.07, 6.45) is 3.15. The van der Waals surface area contributed by atoms with E-state index in [1.165, 1.54) is 24.5 Å². The van der Waals surface area contributed by atoms with Crippen molar-refractivity contribution in [2.75, 3.05) is 7.11 Å². The highest BCUT2D eigenvalue weighted by Gasteiger charge is 2.11. The maximum atomic E-state index is 12.2. The Labute approximate surface area is 160 Å². The summed E-state index contributed by atoms with van der Waals surface area (Å²) >= 11 is 6.32. The van der Waals surface area contributed by atoms with Gasteiger partial charge in [-0.1, -0.05) is 33.3 Å². The molecule has 1 amide bonds. The van der Waals surface area contributed by atoms with Gasteiger partial charge in [0.05, 0.1) is 17.3 Å². The lowest BCUT2D eigenvalue weighted by atomic mass is 10.3. The van der Waals surface area contributed by atoms with Crippen molar-refractivity contribution in [3.05, 3.63) is 55.9 Å². The van der Waals surface area contributed by atoms with E-state index >= 15 is 0 Å². The van der Waals surface area contributed by atoms with Gasteiger partial charge in [-0.3, -0.25) is 9.59 Å². The lowest BCUT2D eigenvalue weighted by Gasteiger charge is -2.03. The van der Waals surface area contributed by atoms with Gasteiger partial charge >= 0.3 is 5.97 Å². The molecule has 0 unspecified atom stereocenters. The van der Waals surface area contributed by atoms with Gasteiger partial charge in [0.1, 0.15) is 6.54 Å². The number of amides is 1. The number of carbonyl (C=O) groups excluding carboxylic acids is 2. The Morgan fingerprint density at radius 1 is 1.36 bits per heavy atom. The number of benzene rings is 1. The maximum absolute atomic E-state index is 12.2. The molecule has 128 valence electrons. The molecule has 2 aromatic heterocycles. The second kappa shape index (κ2) is 7.90. The molecule has 0 saturated heterocycles. The van der Waals surface area contributed by atoms with Crippen LogP contribution >= 0.6 is 38.6 Å². The number of methoxy groups -OCH3 is 1. The second-order valence-electron chi connectivity index (χ2n) is 4.96. The Kier molecular flexibility index (Phi) is 5.62. The Bertz CT molecular complexity index is 1020. The Morgan fingerprint density at radius 2 is 2.20 bits per heavy atom. The molecule has 0 saturated carbocycles. The van der Waals surface area contributed by atoms with Crippen LogP contribution in [0, 0.1) is 0 Å². The van der Waals surface area contributed by atoms with Crippen molar-refractivity contribution in [3.8, 4) is 0 Å². The van der Waals surface area contributed by atoms with Crippen LogP contribution in [-0.2, 0) is 20.9 Å². The average molecular weight is 437 g/mol. The fraction of sp³-hybridized carbons (Fsp3) is 0.118. The van der Waals surface area contributed by atoms with Gasteiger partial charge in [0.2, 0.25) is 0 Å². The van der Waals surface area contributed by atoms with Crippen molar-refractivity contribution in [3.63, 3.8) is 0 Å². The number of rotatable bonds is 4. The van der Waals surface area contributed by atoms with Gasteiger partial charge in [0.25, 0.3) is 5.91 Å². The largest absolute Gasteiger partial charge is 0.468 e. The first-order valence-corrected chi connectivity index (χ1v) is 9.72. The van der Waals surface area contributed by atoms with Crippen LogP contribution in [0.1, 0.15) is 4.88 Å². The van der Waals surface area contributed by atoms with E-state index in [0.717, 1.165) is 19.6 Å². The molecule has 0 bridgehead atoms. The fourth-order valence-corrected chi connectivity index (χ4v) is 4.35. The molecular weight excluding hydrogens is 424 g/mol. The van der Waals surface area contributed by atoms with Crippen LogP contribution in [0.5, 0.6) is 0 Å². The number of thiophene rings is 1. The van der Waals surface area contributed by atoms with Gasteiger partial charge in [0.15, 0.2) is 4.80 Å². The molecule has 0 spiro atoms. The topological polar surface area (TPSA) is 60.7 Å². The number of thiazole rings is 1. The van der Waals surface area contributed by atoms with Gasteiger partial charge < -0.3 is 9.30 Å². The molecule has 0 N–H and O–H groups in total. The molecule has 3 rings (SSSR count). The normalized spacial score (nSPS) is 12.2. The van der Waals surface area contributed by atoms with Crippen molar-refractivity contribution in [2.45, 2.75) is 6.54 Å². The highest BCUT2D eigenvalue weighted by Crippen LogP contribution is 2.22. The molecule has 0 aliphatic carbocycles. The summed E-state index contributed by atoms with van der Waals surface area (Å²) in [7, 11) is 1.33. The average Bonchev–Trinajstić information content (AvgIpc) is 3.21. The summed E-state index contributed by atoms with van der Waals surface area (Å²) < 4.78 is 8.28. The molecule has 0 aliphatic rings. The lowest BCUT2D eigenvalue weighted by Crippen LogP contribution is -2.22. The second-order valence-corrected chi connectivity index (χ2v) is 7.86. The van der Waals surface area contributed by atoms with E-state index in [9.17, 15) is 9.59 Å². The number of nitrogens with zero attached hydrogens (tertiary/aromatic N) is 2. The number of hydrogen-bond donors (Lipinski definition) is 0. The van der Waals surface area contributed by atoms with E-state index in [1.807, 2.05) is 35.7 Å². The first-order chi connectivity index (χ1) is 12.1. The number of fused-ring (bicyclic) bond motifs is 1. The lowest BCUT2D eigenvalue weighted by molar-refractivity contribution is -0.141. The van der Waals surface area contributed by atoms with E-state index in [2.05, 4.69) is 20.9 Å². The molecule has 0 fully saturated rings. The smallest absolute Gasteiger partial charge is 0.325 e. The van der Waals surface area contributed by atoms with Crippen molar-refractivity contribution in [1.29, 1.82) is 0 Å². The predicted octanol–water partition coefficient (Wildman–Crippen LogP) is 3.84. The quantitative estimate of drug-likeness (QED) is 0.460. The first kappa shape index (κ1) is 17.8. The summed E-state index contributed by atoms with van der Waals surface area (Å²) in [5, 5.41) is 1.94. The third kappa shape index (κ3) is 4.33. The van der Waals surface area contributed by atoms with E-state index in [-0.39, 0.29) is 12.5 Å². The number of aromatic nitrogens is 1. The Morgan fingerprint density at radius 3 is 2.92 bits per heavy atom. The van der Waals surface area contributed by atoms with E-state index in [0.29, 0.717) is 4.80 Å². The molecular formula is C17H13BrN2O3S2. The number of hydrogen-bond acceptors (Lipinski definition) is 5. The highest BCUT2D eigenvalue weighted by atomic mass is 79.9. The van der Waals surface area contributed by atoms with E-state index < -0.39 is 5.97 Å². The molecule has 2 heterocycles. The third-order valence-electron chi connectivity index (χ3n) is 3.30. The van der Waals surface area contributed by atoms with Gasteiger partial charge in [-0.05, 0) is 35.7 Å². The zero-order valence-corrected chi connectivity index (χ0v) is 16.4. The minimum absolute atomic E-state index is 0.00111. The van der Waals surface area contributed by atoms with Crippen molar-refractivity contribution < 1.29 is 14.3 Å². The molecule has 25 heavy (non-hydrogen) atoms. The first-order valence-electron chi connectivity index (χ1n) is 7.23. The SMILES string of the molecule is COC(=O)Cn1c(=NC(=O)C=Cc2cccs2)sc2cc(Br)ccc21. The van der Waals surface area contributed by atoms with Crippen LogP contribution in [0.3, 0.4) is 0 Å². The molecule has 8 heteroatoms. The van der Waals surface area contributed by atoms with Crippen LogP contribution in [0.2, 0.25) is 0 Å². The zero-order chi connectivity index (χ0) is 17.8. The van der Waals surface area contributed by atoms with Gasteiger partial charge in [0, 0.05) is 15.4 Å². The van der Waals surface area contributed by atoms with Gasteiger partial charge in [-0.15, -0.1) is 11.3 Å². The summed E-state index contributed by atoms with van der Waals surface area (Å²) in [5.41, 5.74) is 0.826. The molecule has 0 atom stereocenters. The maximum Gasteiger partial charge on any atom is 0.325 e. The van der Waals surface area contributed by atoms with Crippen LogP contribution in [0.25, 0.3) is 16.3 Å². The van der Waals surface area contributed by atoms with E-state index in [4.69, 9.17) is 4.74 Å². The van der Waals surface area contributed by atoms with Crippen molar-refractivity contribution >= 4 is 66.8 Å². The van der Waals surface area contributed by atoms with Crippen molar-refractivity contribution in [1.82, 2.24) is 4.57 Å². The van der Waals surface area contributed by atoms with E-state index in [1.54, 1.807) is 22.0 Å². The molecule has 5 nitrogen and oxygen atoms in total. The Balaban J connectivity index is 2.02. The molecule has 0 aliphatic heterocycles. The fourth-order valence-electron chi connectivity index (χ4n) is 2.15. The standard InChI is InChI=1S/C17H13BrN2O3S2/c1-23-16(22)10-20-13-6-4-11(18)9-14(13)25-17(20)19-15(21)7-5-12-3-2-8-24-12/h2-9H,10H2,1H3. The summed E-state index contributed by atoms with van der Waals surface area (Å²) in [4.78, 5) is 29.5. The zero-order valence-electron chi connectivity index (χ0n) is 13.1. The van der Waals surface area contributed by atoms with Crippen molar-refractivity contribution in [2.24, 2.45) is 4.99 Å². The molecule has 3 aromatic rings. The summed E-state index contributed by atoms with van der Waals surface area (Å²) in [5.74, 6) is -0.775. The third-order valence-corrected chi connectivity index (χ3v) is 5.67. The number of carbonyl (C=O) groups is 2. The van der Waals surface area contributed by atoms with Gasteiger partial charge in [-0.25, -0.2) is 0 Å². The Hall–Kier alpha value is -2.03. The van der Waals surface area contributed by atoms with Crippen LogP contribution in [0.4, 0.5) is 0 Å². The van der Waals surface area contributed by atoms with Gasteiger partial charge in [-0.2, -0.15) is 4.99 Å². The number of ether oxygens (including phenoxy) is 1. The summed E-state index contributed by atoms with van der Waals surface area (Å²) in [6.45, 7) is -0.00111. The van der Waals surface area contributed by atoms with Crippen LogP contribution in [0.15, 0.2) is 51.3 Å². The number of halogens is 1. The highest BCUT2D eigenvalue weighted by molar-refractivity contribution is 9.10. The van der Waals surface area contributed by atoms with Crippen LogP contribution in [-0.4, -0.2) is 23.6 Å².